The van der Waals surface area contributed by atoms with Gasteiger partial charge in [0.1, 0.15) is 0 Å². The van der Waals surface area contributed by atoms with Crippen LogP contribution >= 0.6 is 0 Å². The van der Waals surface area contributed by atoms with E-state index in [0.29, 0.717) is 12.6 Å². The number of hydrogen-bond acceptors (Lipinski definition) is 3. The van der Waals surface area contributed by atoms with Crippen LogP contribution in [0.2, 0.25) is 0 Å². The van der Waals surface area contributed by atoms with Gasteiger partial charge in [-0.15, -0.1) is 0 Å². The van der Waals surface area contributed by atoms with Crippen LogP contribution in [0.15, 0.2) is 12.4 Å². The molecule has 1 saturated heterocycles. The average molecular weight is 248 g/mol. The van der Waals surface area contributed by atoms with Gasteiger partial charge in [-0.2, -0.15) is 5.10 Å². The molecule has 18 heavy (non-hydrogen) atoms. The summed E-state index contributed by atoms with van der Waals surface area (Å²) in [7, 11) is 1.98. The Labute approximate surface area is 109 Å². The Bertz CT molecular complexity index is 400. The predicted molar refractivity (Wildman–Crippen MR) is 72.1 cm³/mol. The van der Waals surface area contributed by atoms with Gasteiger partial charge in [0.25, 0.3) is 0 Å². The Hall–Kier alpha value is -0.870. The number of nitrogens with two attached hydrogens (primary N) is 1. The maximum absolute atomic E-state index is 6.04. The molecule has 2 N–H and O–H groups in total. The first-order chi connectivity index (χ1) is 8.79. The lowest BCUT2D eigenvalue weighted by Crippen LogP contribution is -2.40. The van der Waals surface area contributed by atoms with Crippen LogP contribution in [0.5, 0.6) is 0 Å². The van der Waals surface area contributed by atoms with Crippen molar-refractivity contribution in [2.24, 2.45) is 18.7 Å². The van der Waals surface area contributed by atoms with Crippen molar-refractivity contribution in [2.75, 3.05) is 13.1 Å². The maximum atomic E-state index is 6.04. The number of fused-ring (bicyclic) bond motifs is 1. The molecule has 2 heterocycles. The quantitative estimate of drug-likeness (QED) is 0.885. The minimum absolute atomic E-state index is 0.367. The van der Waals surface area contributed by atoms with Crippen LogP contribution in [0.3, 0.4) is 0 Å². The first kappa shape index (κ1) is 12.2. The van der Waals surface area contributed by atoms with Crippen molar-refractivity contribution in [3.05, 3.63) is 18.0 Å². The lowest BCUT2D eigenvalue weighted by Gasteiger charge is -2.36. The van der Waals surface area contributed by atoms with E-state index in [4.69, 9.17) is 5.73 Å². The molecule has 0 amide bonds. The van der Waals surface area contributed by atoms with E-state index in [1.807, 2.05) is 17.9 Å². The molecule has 1 aliphatic heterocycles. The van der Waals surface area contributed by atoms with E-state index in [1.165, 1.54) is 44.2 Å². The molecule has 3 atom stereocenters. The fourth-order valence-corrected chi connectivity index (χ4v) is 3.90. The van der Waals surface area contributed by atoms with Crippen molar-refractivity contribution in [3.63, 3.8) is 0 Å². The van der Waals surface area contributed by atoms with E-state index >= 15 is 0 Å². The molecule has 3 unspecified atom stereocenters. The monoisotopic (exact) mass is 248 g/mol. The second kappa shape index (κ2) is 5.02. The summed E-state index contributed by atoms with van der Waals surface area (Å²) in [5, 5.41) is 4.30. The molecule has 2 fully saturated rings. The minimum Gasteiger partial charge on any atom is -0.329 e. The first-order valence-corrected chi connectivity index (χ1v) is 7.24. The molecule has 4 heteroatoms. The van der Waals surface area contributed by atoms with Crippen LogP contribution < -0.4 is 5.73 Å². The van der Waals surface area contributed by atoms with E-state index in [2.05, 4.69) is 16.2 Å². The maximum Gasteiger partial charge on any atom is 0.0538 e. The molecule has 3 rings (SSSR count). The molecule has 1 aliphatic carbocycles. The number of nitrogens with zero attached hydrogens (tertiary/aromatic N) is 3. The van der Waals surface area contributed by atoms with E-state index in [1.54, 1.807) is 0 Å². The lowest BCUT2D eigenvalue weighted by molar-refractivity contribution is 0.135. The minimum atomic E-state index is 0.367. The molecule has 1 saturated carbocycles. The average Bonchev–Trinajstić information content (AvgIpc) is 2.98. The number of aromatic nitrogens is 2. The van der Waals surface area contributed by atoms with Crippen LogP contribution in [0.25, 0.3) is 0 Å². The van der Waals surface area contributed by atoms with E-state index in [-0.39, 0.29) is 0 Å². The molecule has 1 aromatic heterocycles. The topological polar surface area (TPSA) is 47.1 Å². The third-order valence-corrected chi connectivity index (χ3v) is 4.79. The summed E-state index contributed by atoms with van der Waals surface area (Å²) in [6.07, 6.45) is 11.1. The van der Waals surface area contributed by atoms with Crippen LogP contribution in [0.1, 0.15) is 43.7 Å². The van der Waals surface area contributed by atoms with Crippen molar-refractivity contribution >= 4 is 0 Å². The molecule has 100 valence electrons. The molecule has 4 nitrogen and oxygen atoms in total. The summed E-state index contributed by atoms with van der Waals surface area (Å²) >= 11 is 0. The van der Waals surface area contributed by atoms with E-state index < -0.39 is 0 Å². The van der Waals surface area contributed by atoms with Gasteiger partial charge in [-0.1, -0.05) is 12.8 Å². The lowest BCUT2D eigenvalue weighted by atomic mass is 9.85. The number of rotatable bonds is 3. The van der Waals surface area contributed by atoms with E-state index in [9.17, 15) is 0 Å². The summed E-state index contributed by atoms with van der Waals surface area (Å²) in [6, 6.07) is 1.14. The van der Waals surface area contributed by atoms with Crippen molar-refractivity contribution in [3.8, 4) is 0 Å². The van der Waals surface area contributed by atoms with Gasteiger partial charge in [0.15, 0.2) is 0 Å². The van der Waals surface area contributed by atoms with Crippen molar-refractivity contribution in [1.29, 1.82) is 0 Å². The van der Waals surface area contributed by atoms with Crippen LogP contribution in [-0.2, 0) is 7.05 Å². The summed E-state index contributed by atoms with van der Waals surface area (Å²) < 4.78 is 1.88. The standard InChI is InChI=1S/C14H24N4/c1-17-10-12(9-16-17)14(8-15)18-7-6-11-4-2-3-5-13(11)18/h9-11,13-14H,2-8,15H2,1H3. The van der Waals surface area contributed by atoms with E-state index in [0.717, 1.165) is 12.0 Å². The van der Waals surface area contributed by atoms with Gasteiger partial charge in [0.2, 0.25) is 0 Å². The van der Waals surface area contributed by atoms with Crippen molar-refractivity contribution in [1.82, 2.24) is 14.7 Å². The van der Waals surface area contributed by atoms with Gasteiger partial charge in [0, 0.05) is 31.4 Å². The third-order valence-electron chi connectivity index (χ3n) is 4.79. The zero-order valence-corrected chi connectivity index (χ0v) is 11.3. The highest BCUT2D eigenvalue weighted by molar-refractivity contribution is 5.13. The Morgan fingerprint density at radius 1 is 1.39 bits per heavy atom. The summed E-state index contributed by atoms with van der Waals surface area (Å²) in [4.78, 5) is 2.65. The van der Waals surface area contributed by atoms with Crippen LogP contribution in [0, 0.1) is 5.92 Å². The zero-order chi connectivity index (χ0) is 12.5. The van der Waals surface area contributed by atoms with Crippen LogP contribution in [-0.4, -0.2) is 33.8 Å². The summed E-state index contributed by atoms with van der Waals surface area (Å²) in [5.74, 6) is 0.921. The Morgan fingerprint density at radius 2 is 2.22 bits per heavy atom. The number of hydrogen-bond donors (Lipinski definition) is 1. The molecule has 1 aromatic rings. The molecule has 0 radical (unpaired) electrons. The molecule has 0 bridgehead atoms. The highest BCUT2D eigenvalue weighted by atomic mass is 15.3. The number of aryl methyl sites for hydroxylation is 1. The molecule has 2 aliphatic rings. The zero-order valence-electron chi connectivity index (χ0n) is 11.3. The van der Waals surface area contributed by atoms with Crippen molar-refractivity contribution < 1.29 is 0 Å². The summed E-state index contributed by atoms with van der Waals surface area (Å²) in [6.45, 7) is 1.92. The smallest absolute Gasteiger partial charge is 0.0538 e. The van der Waals surface area contributed by atoms with Gasteiger partial charge >= 0.3 is 0 Å². The molecule has 0 spiro atoms. The van der Waals surface area contributed by atoms with Gasteiger partial charge in [-0.05, 0) is 31.7 Å². The molecular formula is C14H24N4. The normalized spacial score (nSPS) is 30.3. The predicted octanol–water partition coefficient (Wildman–Crippen LogP) is 1.68. The highest BCUT2D eigenvalue weighted by Crippen LogP contribution is 2.40. The Balaban J connectivity index is 1.79. The fourth-order valence-electron chi connectivity index (χ4n) is 3.90. The van der Waals surface area contributed by atoms with Gasteiger partial charge in [0.05, 0.1) is 12.2 Å². The van der Waals surface area contributed by atoms with Crippen LogP contribution in [0.4, 0.5) is 0 Å². The fraction of sp³-hybridized carbons (Fsp3) is 0.786. The second-order valence-corrected chi connectivity index (χ2v) is 5.84. The SMILES string of the molecule is Cn1cc(C(CN)N2CCC3CCCCC32)cn1. The van der Waals surface area contributed by atoms with Gasteiger partial charge < -0.3 is 5.73 Å². The Kier molecular flexibility index (Phi) is 3.39. The summed E-state index contributed by atoms with van der Waals surface area (Å²) in [5.41, 5.74) is 7.32. The molecule has 0 aromatic carbocycles. The van der Waals surface area contributed by atoms with Gasteiger partial charge in [-0.3, -0.25) is 9.58 Å². The van der Waals surface area contributed by atoms with Crippen molar-refractivity contribution in [2.45, 2.75) is 44.2 Å². The second-order valence-electron chi connectivity index (χ2n) is 5.84. The number of likely N-dealkylation sites (tertiary alicyclic amines) is 1. The highest BCUT2D eigenvalue weighted by Gasteiger charge is 2.39. The first-order valence-electron chi connectivity index (χ1n) is 7.24. The van der Waals surface area contributed by atoms with Gasteiger partial charge in [-0.25, -0.2) is 0 Å². The molecular weight excluding hydrogens is 224 g/mol. The Morgan fingerprint density at radius 3 is 2.94 bits per heavy atom. The third kappa shape index (κ3) is 2.08. The largest absolute Gasteiger partial charge is 0.329 e.